The lowest BCUT2D eigenvalue weighted by Crippen LogP contribution is -2.19. The van der Waals surface area contributed by atoms with Gasteiger partial charge in [0.2, 0.25) is 0 Å². The molecule has 3 aromatic carbocycles. The van der Waals surface area contributed by atoms with Gasteiger partial charge in [-0.2, -0.15) is 0 Å². The fourth-order valence-corrected chi connectivity index (χ4v) is 3.85. The minimum Gasteiger partial charge on any atom is -0.493 e. The number of rotatable bonds is 11. The average Bonchev–Trinajstić information content (AvgIpc) is 2.88. The minimum absolute atomic E-state index is 0.262. The van der Waals surface area contributed by atoms with Gasteiger partial charge in [-0.3, -0.25) is 4.98 Å². The van der Waals surface area contributed by atoms with E-state index in [1.54, 1.807) is 0 Å². The van der Waals surface area contributed by atoms with E-state index in [0.29, 0.717) is 6.61 Å². The third-order valence-electron chi connectivity index (χ3n) is 5.71. The Morgan fingerprint density at radius 1 is 0.917 bits per heavy atom. The Hall–Kier alpha value is -4.10. The number of pyridine rings is 1. The molecule has 186 valence electrons. The first kappa shape index (κ1) is 25.0. The maximum atomic E-state index is 12.2. The number of fused-ring (bicyclic) bond motifs is 1. The number of anilines is 3. The number of carbonyl (C=O) groups is 1. The van der Waals surface area contributed by atoms with Crippen molar-refractivity contribution in [2.75, 3.05) is 49.7 Å². The smallest absolute Gasteiger partial charge is 0.323 e. The number of hydrogen-bond acceptors (Lipinski definition) is 5. The van der Waals surface area contributed by atoms with Crippen LogP contribution in [0.1, 0.15) is 12.0 Å². The summed E-state index contributed by atoms with van der Waals surface area (Å²) in [7, 11) is 4.13. The first-order chi connectivity index (χ1) is 17.6. The highest BCUT2D eigenvalue weighted by molar-refractivity contribution is 5.99. The van der Waals surface area contributed by atoms with Gasteiger partial charge in [0.15, 0.2) is 0 Å². The molecule has 0 radical (unpaired) electrons. The lowest BCUT2D eigenvalue weighted by atomic mass is 10.1. The van der Waals surface area contributed by atoms with E-state index in [1.165, 1.54) is 5.56 Å². The van der Waals surface area contributed by atoms with Gasteiger partial charge in [0.1, 0.15) is 5.75 Å². The number of amides is 2. The largest absolute Gasteiger partial charge is 0.493 e. The molecule has 0 aliphatic heterocycles. The first-order valence-corrected chi connectivity index (χ1v) is 12.2. The summed E-state index contributed by atoms with van der Waals surface area (Å²) >= 11 is 0. The number of ether oxygens (including phenoxy) is 1. The zero-order chi connectivity index (χ0) is 25.2. The summed E-state index contributed by atoms with van der Waals surface area (Å²) in [6.07, 6.45) is 3.66. The average molecular weight is 484 g/mol. The summed E-state index contributed by atoms with van der Waals surface area (Å²) in [5.74, 6) is 0.844. The van der Waals surface area contributed by atoms with Crippen molar-refractivity contribution in [2.24, 2.45) is 0 Å². The van der Waals surface area contributed by atoms with Gasteiger partial charge in [0, 0.05) is 47.8 Å². The van der Waals surface area contributed by atoms with Crippen molar-refractivity contribution in [3.8, 4) is 5.75 Å². The number of nitrogens with one attached hydrogen (secondary N) is 3. The lowest BCUT2D eigenvalue weighted by molar-refractivity contribution is 0.262. The number of para-hydroxylation sites is 1. The van der Waals surface area contributed by atoms with Crippen LogP contribution >= 0.6 is 0 Å². The predicted octanol–water partition coefficient (Wildman–Crippen LogP) is 5.86. The van der Waals surface area contributed by atoms with Gasteiger partial charge in [-0.25, -0.2) is 4.79 Å². The summed E-state index contributed by atoms with van der Waals surface area (Å²) in [6, 6.07) is 25.1. The molecule has 1 heterocycles. The van der Waals surface area contributed by atoms with Crippen molar-refractivity contribution in [1.82, 2.24) is 9.88 Å². The Bertz CT molecular complexity index is 1260. The molecule has 0 aliphatic carbocycles. The SMILES string of the molecule is CN(C)CCCOc1ccc2c(NCCc3ccc(NC(=O)Nc4ccccc4)cc3)ccnc2c1. The van der Waals surface area contributed by atoms with Crippen LogP contribution in [0.5, 0.6) is 5.75 Å². The molecule has 36 heavy (non-hydrogen) atoms. The molecule has 0 bridgehead atoms. The van der Waals surface area contributed by atoms with E-state index < -0.39 is 0 Å². The molecule has 0 fully saturated rings. The standard InChI is InChI=1S/C29H33N5O2/c1-34(2)19-6-20-36-25-13-14-26-27(16-18-31-28(26)21-25)30-17-15-22-9-11-24(12-10-22)33-29(35)32-23-7-4-3-5-8-23/h3-5,7-14,16,18,21H,6,15,17,19-20H2,1-2H3,(H,30,31)(H2,32,33,35). The maximum Gasteiger partial charge on any atom is 0.323 e. The summed E-state index contributed by atoms with van der Waals surface area (Å²) in [4.78, 5) is 18.8. The van der Waals surface area contributed by atoms with E-state index in [1.807, 2.05) is 79.0 Å². The van der Waals surface area contributed by atoms with Gasteiger partial charge in [-0.15, -0.1) is 0 Å². The first-order valence-electron chi connectivity index (χ1n) is 12.2. The number of benzene rings is 3. The molecule has 7 nitrogen and oxygen atoms in total. The number of carbonyl (C=O) groups excluding carboxylic acids is 1. The number of hydrogen-bond donors (Lipinski definition) is 3. The van der Waals surface area contributed by atoms with Gasteiger partial charge in [0.05, 0.1) is 12.1 Å². The molecule has 0 aliphatic rings. The Balaban J connectivity index is 1.26. The number of nitrogens with zero attached hydrogens (tertiary/aromatic N) is 2. The minimum atomic E-state index is -0.262. The normalized spacial score (nSPS) is 10.9. The fourth-order valence-electron chi connectivity index (χ4n) is 3.85. The van der Waals surface area contributed by atoms with E-state index in [9.17, 15) is 4.79 Å². The van der Waals surface area contributed by atoms with Crippen molar-refractivity contribution in [1.29, 1.82) is 0 Å². The van der Waals surface area contributed by atoms with Crippen LogP contribution < -0.4 is 20.7 Å². The predicted molar refractivity (Wildman–Crippen MR) is 148 cm³/mol. The molecule has 4 aromatic rings. The van der Waals surface area contributed by atoms with Gasteiger partial charge in [0.25, 0.3) is 0 Å². The summed E-state index contributed by atoms with van der Waals surface area (Å²) in [6.45, 7) is 2.47. The maximum absolute atomic E-state index is 12.2. The Morgan fingerprint density at radius 2 is 1.67 bits per heavy atom. The Labute approximate surface area is 212 Å². The monoisotopic (exact) mass is 483 g/mol. The quantitative estimate of drug-likeness (QED) is 0.233. The summed E-state index contributed by atoms with van der Waals surface area (Å²) in [5, 5.41) is 10.3. The lowest BCUT2D eigenvalue weighted by Gasteiger charge is -2.12. The van der Waals surface area contributed by atoms with E-state index in [2.05, 4.69) is 46.0 Å². The fraction of sp³-hybridized carbons (Fsp3) is 0.241. The second kappa shape index (κ2) is 12.6. The topological polar surface area (TPSA) is 78.5 Å². The second-order valence-electron chi connectivity index (χ2n) is 8.86. The van der Waals surface area contributed by atoms with E-state index in [0.717, 1.165) is 59.6 Å². The van der Waals surface area contributed by atoms with E-state index in [4.69, 9.17) is 4.74 Å². The molecule has 1 aromatic heterocycles. The number of aromatic nitrogens is 1. The molecule has 0 spiro atoms. The van der Waals surface area contributed by atoms with Gasteiger partial charge < -0.3 is 25.6 Å². The van der Waals surface area contributed by atoms with Crippen molar-refractivity contribution in [2.45, 2.75) is 12.8 Å². The molecule has 0 atom stereocenters. The molecule has 0 unspecified atom stereocenters. The van der Waals surface area contributed by atoms with Gasteiger partial charge >= 0.3 is 6.03 Å². The number of urea groups is 1. The van der Waals surface area contributed by atoms with Crippen LogP contribution in [-0.2, 0) is 6.42 Å². The molecular formula is C29H33N5O2. The van der Waals surface area contributed by atoms with Crippen LogP contribution in [0.15, 0.2) is 85.1 Å². The van der Waals surface area contributed by atoms with Crippen LogP contribution in [0, 0.1) is 0 Å². The van der Waals surface area contributed by atoms with Gasteiger partial charge in [-0.05, 0) is 75.0 Å². The molecule has 0 saturated carbocycles. The summed E-state index contributed by atoms with van der Waals surface area (Å²) in [5.41, 5.74) is 4.65. The van der Waals surface area contributed by atoms with Crippen molar-refractivity contribution >= 4 is 34.0 Å². The van der Waals surface area contributed by atoms with Crippen LogP contribution in [-0.4, -0.2) is 49.7 Å². The summed E-state index contributed by atoms with van der Waals surface area (Å²) < 4.78 is 5.89. The van der Waals surface area contributed by atoms with E-state index in [-0.39, 0.29) is 6.03 Å². The third-order valence-corrected chi connectivity index (χ3v) is 5.71. The zero-order valence-corrected chi connectivity index (χ0v) is 20.8. The molecule has 0 saturated heterocycles. The highest BCUT2D eigenvalue weighted by atomic mass is 16.5. The third kappa shape index (κ3) is 7.45. The van der Waals surface area contributed by atoms with Crippen molar-refractivity contribution in [3.63, 3.8) is 0 Å². The van der Waals surface area contributed by atoms with Crippen LogP contribution in [0.2, 0.25) is 0 Å². The van der Waals surface area contributed by atoms with E-state index >= 15 is 0 Å². The van der Waals surface area contributed by atoms with Crippen molar-refractivity contribution in [3.05, 3.63) is 90.6 Å². The Kier molecular flexibility index (Phi) is 8.72. The molecule has 7 heteroatoms. The van der Waals surface area contributed by atoms with Gasteiger partial charge in [-0.1, -0.05) is 30.3 Å². The molecule has 2 amide bonds. The molecule has 4 rings (SSSR count). The van der Waals surface area contributed by atoms with Crippen molar-refractivity contribution < 1.29 is 9.53 Å². The Morgan fingerprint density at radius 3 is 2.42 bits per heavy atom. The molecule has 3 N–H and O–H groups in total. The second-order valence-corrected chi connectivity index (χ2v) is 8.86. The van der Waals surface area contributed by atoms with Crippen LogP contribution in [0.25, 0.3) is 10.9 Å². The molecular weight excluding hydrogens is 450 g/mol. The highest BCUT2D eigenvalue weighted by Gasteiger charge is 2.06. The zero-order valence-electron chi connectivity index (χ0n) is 20.8. The highest BCUT2D eigenvalue weighted by Crippen LogP contribution is 2.25. The van der Waals surface area contributed by atoms with Crippen LogP contribution in [0.4, 0.5) is 21.9 Å². The van der Waals surface area contributed by atoms with Crippen LogP contribution in [0.3, 0.4) is 0 Å².